The molecule has 3 aromatic rings. The third-order valence-corrected chi connectivity index (χ3v) is 5.00. The van der Waals surface area contributed by atoms with Crippen molar-refractivity contribution in [3.05, 3.63) is 65.0 Å². The summed E-state index contributed by atoms with van der Waals surface area (Å²) in [5, 5.41) is 4.61. The van der Waals surface area contributed by atoms with Crippen LogP contribution in [-0.4, -0.2) is 33.7 Å². The summed E-state index contributed by atoms with van der Waals surface area (Å²) in [7, 11) is 1.73. The molecular formula is C19H18ClN3O2S. The summed E-state index contributed by atoms with van der Waals surface area (Å²) >= 11 is 7.39. The van der Waals surface area contributed by atoms with E-state index >= 15 is 0 Å². The van der Waals surface area contributed by atoms with Gasteiger partial charge in [0.05, 0.1) is 12.3 Å². The summed E-state index contributed by atoms with van der Waals surface area (Å²) in [5.41, 5.74) is 2.01. The van der Waals surface area contributed by atoms with Gasteiger partial charge in [-0.05, 0) is 43.3 Å². The molecule has 0 fully saturated rings. The van der Waals surface area contributed by atoms with Crippen LogP contribution in [0.3, 0.4) is 0 Å². The van der Waals surface area contributed by atoms with Gasteiger partial charge in [0, 0.05) is 22.5 Å². The van der Waals surface area contributed by atoms with Crippen molar-refractivity contribution in [2.75, 3.05) is 12.8 Å². The molecule has 0 spiro atoms. The lowest BCUT2D eigenvalue weighted by molar-refractivity contribution is -0.127. The first-order chi connectivity index (χ1) is 12.5. The van der Waals surface area contributed by atoms with E-state index in [4.69, 9.17) is 16.1 Å². The summed E-state index contributed by atoms with van der Waals surface area (Å²) in [5.74, 6) is 1.23. The number of hydrogen-bond donors (Lipinski definition) is 0. The Kier molecular flexibility index (Phi) is 5.96. The van der Waals surface area contributed by atoms with E-state index in [1.54, 1.807) is 24.1 Å². The third-order valence-electron chi connectivity index (χ3n) is 3.75. The van der Waals surface area contributed by atoms with Gasteiger partial charge in [-0.15, -0.1) is 11.8 Å². The van der Waals surface area contributed by atoms with Gasteiger partial charge in [-0.3, -0.25) is 4.79 Å². The predicted molar refractivity (Wildman–Crippen MR) is 103 cm³/mol. The molecule has 0 atom stereocenters. The molecule has 26 heavy (non-hydrogen) atoms. The average molecular weight is 388 g/mol. The van der Waals surface area contributed by atoms with Crippen LogP contribution in [0.1, 0.15) is 11.5 Å². The number of thioether (sulfide) groups is 1. The fourth-order valence-corrected chi connectivity index (χ4v) is 3.18. The zero-order valence-electron chi connectivity index (χ0n) is 14.5. The lowest BCUT2D eigenvalue weighted by atomic mass is 10.2. The zero-order chi connectivity index (χ0) is 18.5. The normalized spacial score (nSPS) is 10.7. The number of aromatic nitrogens is 2. The number of amides is 1. The van der Waals surface area contributed by atoms with Crippen LogP contribution in [0.5, 0.6) is 0 Å². The molecule has 0 bridgehead atoms. The molecule has 1 amide bonds. The number of aryl methyl sites for hydroxylation is 1. The number of benzene rings is 2. The highest BCUT2D eigenvalue weighted by Gasteiger charge is 2.15. The SMILES string of the molecule is Cc1ccc(SCC(=O)N(C)Cc2nc(-c3ccc(Cl)cc3)no2)cc1. The zero-order valence-corrected chi connectivity index (χ0v) is 16.0. The maximum Gasteiger partial charge on any atom is 0.246 e. The number of carbonyl (C=O) groups is 1. The van der Waals surface area contributed by atoms with Crippen LogP contribution in [0, 0.1) is 6.92 Å². The number of carbonyl (C=O) groups excluding carboxylic acids is 1. The highest BCUT2D eigenvalue weighted by molar-refractivity contribution is 8.00. The molecule has 0 saturated heterocycles. The number of nitrogens with zero attached hydrogens (tertiary/aromatic N) is 3. The Morgan fingerprint density at radius 3 is 2.54 bits per heavy atom. The topological polar surface area (TPSA) is 59.2 Å². The van der Waals surface area contributed by atoms with E-state index < -0.39 is 0 Å². The van der Waals surface area contributed by atoms with E-state index in [0.29, 0.717) is 22.5 Å². The molecule has 0 radical (unpaired) electrons. The Labute approximate surface area is 161 Å². The monoisotopic (exact) mass is 387 g/mol. The standard InChI is InChI=1S/C19H18ClN3O2S/c1-13-3-9-16(10-4-13)26-12-18(24)23(2)11-17-21-19(22-25-17)14-5-7-15(20)8-6-14/h3-10H,11-12H2,1-2H3. The van der Waals surface area contributed by atoms with Crippen molar-refractivity contribution >= 4 is 29.3 Å². The minimum absolute atomic E-state index is 0.00168. The number of hydrogen-bond acceptors (Lipinski definition) is 5. The van der Waals surface area contributed by atoms with Crippen molar-refractivity contribution < 1.29 is 9.32 Å². The molecule has 5 nitrogen and oxygen atoms in total. The van der Waals surface area contributed by atoms with E-state index in [1.807, 2.05) is 43.3 Å². The summed E-state index contributed by atoms with van der Waals surface area (Å²) in [6, 6.07) is 15.3. The largest absolute Gasteiger partial charge is 0.337 e. The van der Waals surface area contributed by atoms with Gasteiger partial charge in [0.2, 0.25) is 17.6 Å². The lowest BCUT2D eigenvalue weighted by Crippen LogP contribution is -2.27. The Morgan fingerprint density at radius 2 is 1.85 bits per heavy atom. The third kappa shape index (κ3) is 4.86. The lowest BCUT2D eigenvalue weighted by Gasteiger charge is -2.14. The first-order valence-electron chi connectivity index (χ1n) is 8.03. The Bertz CT molecular complexity index is 879. The summed E-state index contributed by atoms with van der Waals surface area (Å²) in [6.45, 7) is 2.31. The van der Waals surface area contributed by atoms with Crippen LogP contribution >= 0.6 is 23.4 Å². The highest BCUT2D eigenvalue weighted by atomic mass is 35.5. The van der Waals surface area contributed by atoms with Crippen molar-refractivity contribution in [3.63, 3.8) is 0 Å². The number of rotatable bonds is 6. The minimum atomic E-state index is 0.00168. The quantitative estimate of drug-likeness (QED) is 0.585. The summed E-state index contributed by atoms with van der Waals surface area (Å²) in [4.78, 5) is 19.3. The minimum Gasteiger partial charge on any atom is -0.337 e. The number of halogens is 1. The van der Waals surface area contributed by atoms with Gasteiger partial charge >= 0.3 is 0 Å². The van der Waals surface area contributed by atoms with Crippen molar-refractivity contribution in [2.45, 2.75) is 18.4 Å². The fraction of sp³-hybridized carbons (Fsp3) is 0.211. The molecule has 0 unspecified atom stereocenters. The molecule has 3 rings (SSSR count). The predicted octanol–water partition coefficient (Wildman–Crippen LogP) is 4.45. The summed E-state index contributed by atoms with van der Waals surface area (Å²) < 4.78 is 5.25. The Hall–Kier alpha value is -2.31. The van der Waals surface area contributed by atoms with Crippen LogP contribution in [0.15, 0.2) is 57.9 Å². The second-order valence-electron chi connectivity index (χ2n) is 5.87. The van der Waals surface area contributed by atoms with Gasteiger partial charge < -0.3 is 9.42 Å². The molecular weight excluding hydrogens is 370 g/mol. The smallest absolute Gasteiger partial charge is 0.246 e. The molecule has 0 saturated carbocycles. The van der Waals surface area contributed by atoms with Crippen molar-refractivity contribution in [2.24, 2.45) is 0 Å². The molecule has 7 heteroatoms. The highest BCUT2D eigenvalue weighted by Crippen LogP contribution is 2.20. The van der Waals surface area contributed by atoms with Crippen LogP contribution in [0.25, 0.3) is 11.4 Å². The van der Waals surface area contributed by atoms with Gasteiger partial charge in [0.25, 0.3) is 0 Å². The van der Waals surface area contributed by atoms with Crippen molar-refractivity contribution in [1.82, 2.24) is 15.0 Å². The van der Waals surface area contributed by atoms with Crippen molar-refractivity contribution in [1.29, 1.82) is 0 Å². The first kappa shape index (κ1) is 18.5. The second-order valence-corrected chi connectivity index (χ2v) is 7.36. The first-order valence-corrected chi connectivity index (χ1v) is 9.39. The average Bonchev–Trinajstić information content (AvgIpc) is 3.10. The van der Waals surface area contributed by atoms with E-state index in [9.17, 15) is 4.79 Å². The van der Waals surface area contributed by atoms with Gasteiger partial charge in [-0.25, -0.2) is 0 Å². The molecule has 2 aromatic carbocycles. The van der Waals surface area contributed by atoms with Crippen LogP contribution in [0.2, 0.25) is 5.02 Å². The maximum absolute atomic E-state index is 12.3. The van der Waals surface area contributed by atoms with Crippen molar-refractivity contribution in [3.8, 4) is 11.4 Å². The molecule has 0 aliphatic carbocycles. The van der Waals surface area contributed by atoms with Gasteiger partial charge in [0.15, 0.2) is 0 Å². The van der Waals surface area contributed by atoms with Gasteiger partial charge in [-0.1, -0.05) is 34.5 Å². The van der Waals surface area contributed by atoms with E-state index in [2.05, 4.69) is 10.1 Å². The maximum atomic E-state index is 12.3. The fourth-order valence-electron chi connectivity index (χ4n) is 2.22. The van der Waals surface area contributed by atoms with E-state index in [0.717, 1.165) is 10.5 Å². The Morgan fingerprint density at radius 1 is 1.15 bits per heavy atom. The van der Waals surface area contributed by atoms with Crippen LogP contribution in [0.4, 0.5) is 0 Å². The Balaban J connectivity index is 1.55. The van der Waals surface area contributed by atoms with E-state index in [-0.39, 0.29) is 12.5 Å². The van der Waals surface area contributed by atoms with Gasteiger partial charge in [0.1, 0.15) is 0 Å². The molecule has 0 aliphatic heterocycles. The molecule has 0 aliphatic rings. The molecule has 1 heterocycles. The molecule has 1 aromatic heterocycles. The second kappa shape index (κ2) is 8.38. The molecule has 0 N–H and O–H groups in total. The van der Waals surface area contributed by atoms with Crippen LogP contribution in [-0.2, 0) is 11.3 Å². The van der Waals surface area contributed by atoms with Crippen LogP contribution < -0.4 is 0 Å². The summed E-state index contributed by atoms with van der Waals surface area (Å²) in [6.07, 6.45) is 0. The molecule has 134 valence electrons. The van der Waals surface area contributed by atoms with Gasteiger partial charge in [-0.2, -0.15) is 4.98 Å². The van der Waals surface area contributed by atoms with E-state index in [1.165, 1.54) is 17.3 Å².